The first-order valence-corrected chi connectivity index (χ1v) is 3.51. The van der Waals surface area contributed by atoms with Crippen molar-refractivity contribution in [3.8, 4) is 0 Å². The van der Waals surface area contributed by atoms with Crippen molar-refractivity contribution in [2.24, 2.45) is 5.10 Å². The summed E-state index contributed by atoms with van der Waals surface area (Å²) in [7, 11) is 0. The van der Waals surface area contributed by atoms with Gasteiger partial charge in [0.15, 0.2) is 0 Å². The quantitative estimate of drug-likeness (QED) is 0.620. The van der Waals surface area contributed by atoms with Crippen LogP contribution in [0.25, 0.3) is 6.08 Å². The molecule has 0 aromatic heterocycles. The molecule has 0 saturated heterocycles. The van der Waals surface area contributed by atoms with Crippen LogP contribution in [0.4, 0.5) is 5.69 Å². The molecule has 2 nitrogen and oxygen atoms in total. The van der Waals surface area contributed by atoms with Gasteiger partial charge in [0.05, 0.1) is 5.69 Å². The number of benzene rings is 1. The van der Waals surface area contributed by atoms with Gasteiger partial charge < -0.3 is 0 Å². The zero-order chi connectivity index (χ0) is 7.52. The number of nitrogens with zero attached hydrogens (tertiary/aromatic N) is 1. The van der Waals surface area contributed by atoms with Crippen molar-refractivity contribution in [3.05, 3.63) is 35.9 Å². The minimum Gasteiger partial charge on any atom is -0.278 e. The van der Waals surface area contributed by atoms with E-state index in [1.54, 1.807) is 6.21 Å². The summed E-state index contributed by atoms with van der Waals surface area (Å²) in [6.45, 7) is 0. The van der Waals surface area contributed by atoms with Gasteiger partial charge in [0.1, 0.15) is 0 Å². The first-order valence-electron chi connectivity index (χ1n) is 3.51. The highest BCUT2D eigenvalue weighted by molar-refractivity contribution is 5.83. The third-order valence-corrected chi connectivity index (χ3v) is 1.58. The van der Waals surface area contributed by atoms with Crippen molar-refractivity contribution in [2.75, 3.05) is 5.43 Å². The first kappa shape index (κ1) is 8.53. The van der Waals surface area contributed by atoms with Crippen LogP contribution in [-0.2, 0) is 0 Å². The summed E-state index contributed by atoms with van der Waals surface area (Å²) in [6.07, 6.45) is 5.68. The lowest BCUT2D eigenvalue weighted by Crippen LogP contribution is -1.87. The molecule has 1 aromatic rings. The van der Waals surface area contributed by atoms with E-state index in [2.05, 4.69) is 10.5 Å². The number of rotatable bonds is 0. The first-order chi connectivity index (χ1) is 5.47. The van der Waals surface area contributed by atoms with Crippen molar-refractivity contribution in [2.45, 2.75) is 7.43 Å². The monoisotopic (exact) mass is 160 g/mol. The molecule has 1 aromatic carbocycles. The number of allylic oxidation sites excluding steroid dienone is 1. The molecule has 0 unspecified atom stereocenters. The lowest BCUT2D eigenvalue weighted by molar-refractivity contribution is 1.36. The molecule has 1 aliphatic rings. The molecular formula is C10H12N2. The Morgan fingerprint density at radius 2 is 2.00 bits per heavy atom. The third kappa shape index (κ3) is 1.53. The second kappa shape index (κ2) is 3.72. The van der Waals surface area contributed by atoms with Crippen molar-refractivity contribution in [1.29, 1.82) is 0 Å². The van der Waals surface area contributed by atoms with E-state index in [1.807, 2.05) is 36.4 Å². The minimum atomic E-state index is 0. The Kier molecular flexibility index (Phi) is 2.64. The Hall–Kier alpha value is -1.57. The highest BCUT2D eigenvalue weighted by atomic mass is 15.3. The number of anilines is 1. The highest BCUT2D eigenvalue weighted by Crippen LogP contribution is 2.17. The van der Waals surface area contributed by atoms with Crippen LogP contribution < -0.4 is 5.43 Å². The molecule has 0 saturated carbocycles. The summed E-state index contributed by atoms with van der Waals surface area (Å²) in [6, 6.07) is 8.05. The Balaban J connectivity index is 0.000000720. The van der Waals surface area contributed by atoms with Crippen LogP contribution in [0.5, 0.6) is 0 Å². The van der Waals surface area contributed by atoms with Gasteiger partial charge in [-0.3, -0.25) is 5.43 Å². The van der Waals surface area contributed by atoms with E-state index in [0.717, 1.165) is 5.69 Å². The molecule has 0 bridgehead atoms. The van der Waals surface area contributed by atoms with Gasteiger partial charge in [-0.05, 0) is 17.7 Å². The van der Waals surface area contributed by atoms with Gasteiger partial charge in [0, 0.05) is 6.21 Å². The normalized spacial score (nSPS) is 12.3. The number of fused-ring (bicyclic) bond motifs is 1. The second-order valence-electron chi connectivity index (χ2n) is 2.34. The predicted octanol–water partition coefficient (Wildman–Crippen LogP) is 2.75. The molecule has 1 aliphatic heterocycles. The molecule has 1 heterocycles. The van der Waals surface area contributed by atoms with Crippen LogP contribution in [0.3, 0.4) is 0 Å². The van der Waals surface area contributed by atoms with Gasteiger partial charge in [-0.15, -0.1) is 0 Å². The summed E-state index contributed by atoms with van der Waals surface area (Å²) < 4.78 is 0. The Morgan fingerprint density at radius 1 is 1.17 bits per heavy atom. The Bertz CT molecular complexity index is 313. The fourth-order valence-electron chi connectivity index (χ4n) is 1.04. The van der Waals surface area contributed by atoms with Crippen LogP contribution in [-0.4, -0.2) is 6.21 Å². The van der Waals surface area contributed by atoms with Gasteiger partial charge in [-0.2, -0.15) is 5.10 Å². The maximum atomic E-state index is 3.95. The van der Waals surface area contributed by atoms with E-state index < -0.39 is 0 Å². The van der Waals surface area contributed by atoms with Crippen LogP contribution in [0.1, 0.15) is 13.0 Å². The molecule has 62 valence electrons. The summed E-state index contributed by atoms with van der Waals surface area (Å²) in [5.74, 6) is 0. The molecule has 0 amide bonds. The zero-order valence-electron chi connectivity index (χ0n) is 5.99. The van der Waals surface area contributed by atoms with Crippen molar-refractivity contribution in [1.82, 2.24) is 0 Å². The number of nitrogens with one attached hydrogen (secondary N) is 1. The molecule has 0 aliphatic carbocycles. The van der Waals surface area contributed by atoms with E-state index in [9.17, 15) is 0 Å². The summed E-state index contributed by atoms with van der Waals surface area (Å²) in [5, 5.41) is 3.95. The van der Waals surface area contributed by atoms with Crippen LogP contribution in [0.2, 0.25) is 0 Å². The lowest BCUT2D eigenvalue weighted by Gasteiger charge is -2.00. The van der Waals surface area contributed by atoms with E-state index in [1.165, 1.54) is 5.56 Å². The summed E-state index contributed by atoms with van der Waals surface area (Å²) in [4.78, 5) is 0. The second-order valence-corrected chi connectivity index (χ2v) is 2.34. The van der Waals surface area contributed by atoms with Crippen LogP contribution >= 0.6 is 0 Å². The fourth-order valence-corrected chi connectivity index (χ4v) is 1.04. The lowest BCUT2D eigenvalue weighted by atomic mass is 10.2. The molecule has 2 rings (SSSR count). The average Bonchev–Trinajstić information content (AvgIpc) is 2.28. The number of hydrazone groups is 1. The van der Waals surface area contributed by atoms with E-state index in [0.29, 0.717) is 0 Å². The van der Waals surface area contributed by atoms with E-state index >= 15 is 0 Å². The third-order valence-electron chi connectivity index (χ3n) is 1.58. The molecule has 0 fully saturated rings. The average molecular weight is 160 g/mol. The summed E-state index contributed by atoms with van der Waals surface area (Å²) in [5.41, 5.74) is 5.16. The Labute approximate surface area is 72.6 Å². The van der Waals surface area contributed by atoms with E-state index in [-0.39, 0.29) is 7.43 Å². The molecule has 0 spiro atoms. The van der Waals surface area contributed by atoms with Gasteiger partial charge in [-0.1, -0.05) is 31.7 Å². The van der Waals surface area contributed by atoms with Gasteiger partial charge in [0.25, 0.3) is 0 Å². The number of para-hydroxylation sites is 1. The van der Waals surface area contributed by atoms with Crippen molar-refractivity contribution >= 4 is 18.0 Å². The van der Waals surface area contributed by atoms with Crippen molar-refractivity contribution < 1.29 is 0 Å². The molecular weight excluding hydrogens is 148 g/mol. The van der Waals surface area contributed by atoms with Gasteiger partial charge >= 0.3 is 0 Å². The maximum absolute atomic E-state index is 3.95. The molecule has 12 heavy (non-hydrogen) atoms. The molecule has 0 radical (unpaired) electrons. The predicted molar refractivity (Wildman–Crippen MR) is 54.3 cm³/mol. The smallest absolute Gasteiger partial charge is 0.0634 e. The standard InChI is InChI=1S/C9H8N2.CH4/c1-2-6-9-8(4-1)5-3-7-10-11-9;/h1-7,11H;1H4. The maximum Gasteiger partial charge on any atom is 0.0634 e. The van der Waals surface area contributed by atoms with Crippen LogP contribution in [0, 0.1) is 0 Å². The minimum absolute atomic E-state index is 0. The number of hydrogen-bond acceptors (Lipinski definition) is 2. The highest BCUT2D eigenvalue weighted by Gasteiger charge is 1.96. The fraction of sp³-hybridized carbons (Fsp3) is 0.100. The SMILES string of the molecule is C.C1=Cc2ccccc2NN=C1. The zero-order valence-corrected chi connectivity index (χ0v) is 5.99. The largest absolute Gasteiger partial charge is 0.278 e. The van der Waals surface area contributed by atoms with Crippen molar-refractivity contribution in [3.63, 3.8) is 0 Å². The van der Waals surface area contributed by atoms with Crippen LogP contribution in [0.15, 0.2) is 35.4 Å². The molecule has 0 atom stereocenters. The van der Waals surface area contributed by atoms with E-state index in [4.69, 9.17) is 0 Å². The summed E-state index contributed by atoms with van der Waals surface area (Å²) >= 11 is 0. The molecule has 2 heteroatoms. The number of hydrogen-bond donors (Lipinski definition) is 1. The Morgan fingerprint density at radius 3 is 2.92 bits per heavy atom. The topological polar surface area (TPSA) is 24.4 Å². The molecule has 1 N–H and O–H groups in total. The van der Waals surface area contributed by atoms with Gasteiger partial charge in [0.2, 0.25) is 0 Å². The van der Waals surface area contributed by atoms with Gasteiger partial charge in [-0.25, -0.2) is 0 Å².